The van der Waals surface area contributed by atoms with Crippen molar-refractivity contribution in [2.45, 2.75) is 44.4 Å². The SMILES string of the molecule is CN=C(NCCCOCC1CCCO1)NC1CCN(c2ccccc2OC(F)F)C1. The maximum Gasteiger partial charge on any atom is 0.387 e. The maximum atomic E-state index is 12.7. The van der Waals surface area contributed by atoms with Gasteiger partial charge in [0.1, 0.15) is 5.75 Å². The predicted octanol–water partition coefficient (Wildman–Crippen LogP) is 2.62. The molecule has 2 N–H and O–H groups in total. The Morgan fingerprint density at radius 3 is 2.97 bits per heavy atom. The van der Waals surface area contributed by atoms with Crippen LogP contribution < -0.4 is 20.3 Å². The number of nitrogens with zero attached hydrogens (tertiary/aromatic N) is 2. The molecule has 3 rings (SSSR count). The van der Waals surface area contributed by atoms with Crippen molar-refractivity contribution in [3.8, 4) is 5.75 Å². The van der Waals surface area contributed by atoms with Gasteiger partial charge in [0, 0.05) is 45.9 Å². The quantitative estimate of drug-likeness (QED) is 0.341. The zero-order valence-electron chi connectivity index (χ0n) is 17.5. The summed E-state index contributed by atoms with van der Waals surface area (Å²) in [6.07, 6.45) is 4.23. The van der Waals surface area contributed by atoms with Gasteiger partial charge < -0.3 is 29.7 Å². The number of aliphatic imine (C=N–C) groups is 1. The van der Waals surface area contributed by atoms with Crippen LogP contribution >= 0.6 is 0 Å². The van der Waals surface area contributed by atoms with Crippen LogP contribution in [0.15, 0.2) is 29.3 Å². The molecule has 2 unspecified atom stereocenters. The van der Waals surface area contributed by atoms with E-state index in [1.165, 1.54) is 0 Å². The number of para-hydroxylation sites is 2. The molecule has 7 nitrogen and oxygen atoms in total. The maximum absolute atomic E-state index is 12.7. The first-order valence-corrected chi connectivity index (χ1v) is 10.6. The third-order valence-corrected chi connectivity index (χ3v) is 5.26. The number of anilines is 1. The summed E-state index contributed by atoms with van der Waals surface area (Å²) in [5, 5.41) is 6.71. The average molecular weight is 427 g/mol. The highest BCUT2D eigenvalue weighted by molar-refractivity contribution is 5.80. The Hall–Kier alpha value is -2.13. The number of alkyl halides is 2. The van der Waals surface area contributed by atoms with Gasteiger partial charge in [0.05, 0.1) is 18.4 Å². The fourth-order valence-corrected chi connectivity index (χ4v) is 3.77. The fourth-order valence-electron chi connectivity index (χ4n) is 3.77. The van der Waals surface area contributed by atoms with Crippen LogP contribution in [0.5, 0.6) is 5.75 Å². The molecule has 168 valence electrons. The Balaban J connectivity index is 1.36. The van der Waals surface area contributed by atoms with Crippen molar-refractivity contribution in [1.29, 1.82) is 0 Å². The molecule has 0 radical (unpaired) electrons. The number of guanidine groups is 1. The van der Waals surface area contributed by atoms with Crippen LogP contribution in [0.3, 0.4) is 0 Å². The third-order valence-electron chi connectivity index (χ3n) is 5.26. The van der Waals surface area contributed by atoms with Crippen LogP contribution in [0.1, 0.15) is 25.7 Å². The summed E-state index contributed by atoms with van der Waals surface area (Å²) in [6.45, 7) is 1.57. The molecule has 0 aromatic heterocycles. The zero-order valence-corrected chi connectivity index (χ0v) is 17.5. The lowest BCUT2D eigenvalue weighted by Crippen LogP contribution is -2.45. The van der Waals surface area contributed by atoms with Crippen molar-refractivity contribution in [3.05, 3.63) is 24.3 Å². The van der Waals surface area contributed by atoms with E-state index >= 15 is 0 Å². The highest BCUT2D eigenvalue weighted by atomic mass is 19.3. The number of halogens is 2. The first kappa shape index (κ1) is 22.6. The fraction of sp³-hybridized carbons (Fsp3) is 0.667. The van der Waals surface area contributed by atoms with E-state index < -0.39 is 6.61 Å². The summed E-state index contributed by atoms with van der Waals surface area (Å²) >= 11 is 0. The van der Waals surface area contributed by atoms with Gasteiger partial charge in [-0.3, -0.25) is 4.99 Å². The molecule has 2 fully saturated rings. The predicted molar refractivity (Wildman–Crippen MR) is 113 cm³/mol. The zero-order chi connectivity index (χ0) is 21.2. The molecule has 2 saturated heterocycles. The molecule has 2 aliphatic heterocycles. The molecule has 2 atom stereocenters. The number of hydrogen-bond acceptors (Lipinski definition) is 5. The van der Waals surface area contributed by atoms with Gasteiger partial charge in [0.2, 0.25) is 0 Å². The summed E-state index contributed by atoms with van der Waals surface area (Å²) < 4.78 is 41.2. The molecule has 1 aromatic rings. The molecule has 2 heterocycles. The van der Waals surface area contributed by atoms with Gasteiger partial charge >= 0.3 is 6.61 Å². The second kappa shape index (κ2) is 11.9. The second-order valence-electron chi connectivity index (χ2n) is 7.48. The van der Waals surface area contributed by atoms with E-state index in [1.807, 2.05) is 12.1 Å². The Morgan fingerprint density at radius 1 is 1.33 bits per heavy atom. The molecule has 2 aliphatic rings. The molecular weight excluding hydrogens is 394 g/mol. The van der Waals surface area contributed by atoms with Crippen molar-refractivity contribution >= 4 is 11.6 Å². The van der Waals surface area contributed by atoms with Crippen LogP contribution in [-0.2, 0) is 9.47 Å². The lowest BCUT2D eigenvalue weighted by atomic mass is 10.2. The smallest absolute Gasteiger partial charge is 0.387 e. The molecule has 30 heavy (non-hydrogen) atoms. The number of ether oxygens (including phenoxy) is 3. The summed E-state index contributed by atoms with van der Waals surface area (Å²) in [7, 11) is 1.74. The molecule has 0 amide bonds. The molecule has 0 saturated carbocycles. The summed E-state index contributed by atoms with van der Waals surface area (Å²) in [4.78, 5) is 6.34. The van der Waals surface area contributed by atoms with Gasteiger partial charge in [-0.25, -0.2) is 0 Å². The minimum atomic E-state index is -2.83. The molecule has 0 aliphatic carbocycles. The van der Waals surface area contributed by atoms with Crippen LogP contribution in [-0.4, -0.2) is 71.2 Å². The number of hydrogen-bond donors (Lipinski definition) is 2. The Bertz CT molecular complexity index is 671. The minimum Gasteiger partial charge on any atom is -0.433 e. The molecule has 9 heteroatoms. The molecular formula is C21H32F2N4O3. The van der Waals surface area contributed by atoms with Crippen LogP contribution in [0.25, 0.3) is 0 Å². The normalized spacial score (nSPS) is 22.0. The average Bonchev–Trinajstić information content (AvgIpc) is 3.42. The van der Waals surface area contributed by atoms with E-state index in [4.69, 9.17) is 9.47 Å². The van der Waals surface area contributed by atoms with E-state index in [-0.39, 0.29) is 17.9 Å². The van der Waals surface area contributed by atoms with E-state index in [2.05, 4.69) is 25.3 Å². The largest absolute Gasteiger partial charge is 0.433 e. The van der Waals surface area contributed by atoms with Crippen molar-refractivity contribution in [2.75, 3.05) is 51.4 Å². The van der Waals surface area contributed by atoms with Gasteiger partial charge in [-0.1, -0.05) is 12.1 Å². The first-order chi connectivity index (χ1) is 14.7. The Kier molecular flexibility index (Phi) is 8.95. The van der Waals surface area contributed by atoms with Gasteiger partial charge in [0.25, 0.3) is 0 Å². The Morgan fingerprint density at radius 2 is 2.20 bits per heavy atom. The van der Waals surface area contributed by atoms with Gasteiger partial charge in [-0.2, -0.15) is 8.78 Å². The van der Waals surface area contributed by atoms with E-state index in [1.54, 1.807) is 19.2 Å². The standard InChI is InChI=1S/C21H32F2N4O3/c1-24-21(25-10-5-12-28-15-17-6-4-13-29-17)26-16-9-11-27(14-16)18-7-2-3-8-19(18)30-20(22)23/h2-3,7-8,16-17,20H,4-6,9-15H2,1H3,(H2,24,25,26). The highest BCUT2D eigenvalue weighted by Crippen LogP contribution is 2.31. The highest BCUT2D eigenvalue weighted by Gasteiger charge is 2.26. The number of nitrogens with one attached hydrogen (secondary N) is 2. The monoisotopic (exact) mass is 426 g/mol. The number of benzene rings is 1. The van der Waals surface area contributed by atoms with E-state index in [0.29, 0.717) is 25.4 Å². The van der Waals surface area contributed by atoms with Gasteiger partial charge in [-0.15, -0.1) is 0 Å². The lowest BCUT2D eigenvalue weighted by Gasteiger charge is -2.22. The lowest BCUT2D eigenvalue weighted by molar-refractivity contribution is -0.0495. The molecule has 1 aromatic carbocycles. The summed E-state index contributed by atoms with van der Waals surface area (Å²) in [5.41, 5.74) is 0.688. The van der Waals surface area contributed by atoms with Gasteiger partial charge in [0.15, 0.2) is 5.96 Å². The number of rotatable bonds is 10. The minimum absolute atomic E-state index is 0.173. The summed E-state index contributed by atoms with van der Waals surface area (Å²) in [5.74, 6) is 0.941. The third kappa shape index (κ3) is 6.98. The second-order valence-corrected chi connectivity index (χ2v) is 7.48. The molecule has 0 bridgehead atoms. The summed E-state index contributed by atoms with van der Waals surface area (Å²) in [6, 6.07) is 7.08. The first-order valence-electron chi connectivity index (χ1n) is 10.6. The molecule has 0 spiro atoms. The van der Waals surface area contributed by atoms with Crippen molar-refractivity contribution < 1.29 is 23.0 Å². The van der Waals surface area contributed by atoms with Gasteiger partial charge in [-0.05, 0) is 37.8 Å². The van der Waals surface area contributed by atoms with Crippen LogP contribution in [0.4, 0.5) is 14.5 Å². The van der Waals surface area contributed by atoms with Crippen LogP contribution in [0.2, 0.25) is 0 Å². The topological polar surface area (TPSA) is 67.4 Å². The van der Waals surface area contributed by atoms with Crippen molar-refractivity contribution in [2.24, 2.45) is 4.99 Å². The van der Waals surface area contributed by atoms with E-state index in [9.17, 15) is 8.78 Å². The Labute approximate surface area is 176 Å². The van der Waals surface area contributed by atoms with Crippen molar-refractivity contribution in [3.63, 3.8) is 0 Å². The van der Waals surface area contributed by atoms with E-state index in [0.717, 1.165) is 51.3 Å². The van der Waals surface area contributed by atoms with Crippen LogP contribution in [0, 0.1) is 0 Å². The van der Waals surface area contributed by atoms with Crippen molar-refractivity contribution in [1.82, 2.24) is 10.6 Å².